The van der Waals surface area contributed by atoms with Crippen LogP contribution in [0.1, 0.15) is 34.1 Å². The average molecular weight is 423 g/mol. The lowest BCUT2D eigenvalue weighted by molar-refractivity contribution is -0.140. The van der Waals surface area contributed by atoms with Crippen molar-refractivity contribution in [3.8, 4) is 0 Å². The van der Waals surface area contributed by atoms with Gasteiger partial charge in [0.05, 0.1) is 22.9 Å². The predicted molar refractivity (Wildman–Crippen MR) is 112 cm³/mol. The SMILES string of the molecule is Cc1n[nH]c(C)c1/C(O)=C1\C(=O)C(=O)N(Cc2cccnc2)[C@H]1c1ccc(Cl)cc1. The van der Waals surface area contributed by atoms with Crippen molar-refractivity contribution in [2.75, 3.05) is 0 Å². The van der Waals surface area contributed by atoms with Crippen LogP contribution in [0.4, 0.5) is 0 Å². The Kier molecular flexibility index (Phi) is 5.13. The van der Waals surface area contributed by atoms with Crippen LogP contribution in [0.5, 0.6) is 0 Å². The van der Waals surface area contributed by atoms with E-state index in [-0.39, 0.29) is 17.9 Å². The number of aromatic nitrogens is 3. The number of likely N-dealkylation sites (tertiary alicyclic amines) is 1. The van der Waals surface area contributed by atoms with Crippen molar-refractivity contribution in [3.63, 3.8) is 0 Å². The number of aryl methyl sites for hydroxylation is 2. The Balaban J connectivity index is 1.89. The van der Waals surface area contributed by atoms with Gasteiger partial charge in [-0.25, -0.2) is 0 Å². The summed E-state index contributed by atoms with van der Waals surface area (Å²) in [5.74, 6) is -1.67. The van der Waals surface area contributed by atoms with E-state index in [4.69, 9.17) is 11.6 Å². The molecule has 30 heavy (non-hydrogen) atoms. The van der Waals surface area contributed by atoms with Crippen LogP contribution in [-0.4, -0.2) is 36.9 Å². The van der Waals surface area contributed by atoms with Crippen molar-refractivity contribution in [1.82, 2.24) is 20.1 Å². The van der Waals surface area contributed by atoms with Gasteiger partial charge in [-0.1, -0.05) is 29.8 Å². The highest BCUT2D eigenvalue weighted by molar-refractivity contribution is 6.46. The number of amides is 1. The van der Waals surface area contributed by atoms with Crippen molar-refractivity contribution in [1.29, 1.82) is 0 Å². The highest BCUT2D eigenvalue weighted by Crippen LogP contribution is 2.41. The number of ketones is 1. The summed E-state index contributed by atoms with van der Waals surface area (Å²) >= 11 is 6.03. The number of pyridine rings is 1. The molecule has 1 aromatic carbocycles. The lowest BCUT2D eigenvalue weighted by atomic mass is 9.94. The zero-order chi connectivity index (χ0) is 21.4. The third kappa shape index (κ3) is 3.37. The summed E-state index contributed by atoms with van der Waals surface area (Å²) in [6, 6.07) is 9.70. The molecule has 0 unspecified atom stereocenters. The van der Waals surface area contributed by atoms with Gasteiger partial charge in [0.2, 0.25) is 0 Å². The first-order valence-electron chi connectivity index (χ1n) is 9.33. The van der Waals surface area contributed by atoms with Gasteiger partial charge < -0.3 is 10.0 Å². The van der Waals surface area contributed by atoms with Gasteiger partial charge in [0.15, 0.2) is 0 Å². The summed E-state index contributed by atoms with van der Waals surface area (Å²) < 4.78 is 0. The molecule has 1 saturated heterocycles. The molecule has 7 nitrogen and oxygen atoms in total. The molecule has 0 bridgehead atoms. The molecule has 8 heteroatoms. The van der Waals surface area contributed by atoms with Crippen LogP contribution in [0.25, 0.3) is 5.76 Å². The molecule has 1 aliphatic rings. The Morgan fingerprint density at radius 2 is 1.93 bits per heavy atom. The normalized spacial score (nSPS) is 18.2. The standard InChI is InChI=1S/C22H19ClN4O3/c1-12-17(13(2)26-25-12)20(28)18-19(15-5-7-16(23)8-6-15)27(22(30)21(18)29)11-14-4-3-9-24-10-14/h3-10,19,28H,11H2,1-2H3,(H,25,26)/b20-18+/t19-/m0/s1. The summed E-state index contributed by atoms with van der Waals surface area (Å²) in [6.07, 6.45) is 3.28. The third-order valence-electron chi connectivity index (χ3n) is 5.17. The van der Waals surface area contributed by atoms with Gasteiger partial charge >= 0.3 is 0 Å². The first kappa shape index (κ1) is 19.8. The molecule has 3 heterocycles. The van der Waals surface area contributed by atoms with Crippen molar-refractivity contribution >= 4 is 29.1 Å². The number of H-pyrrole nitrogens is 1. The molecule has 0 radical (unpaired) electrons. The molecular formula is C22H19ClN4O3. The molecule has 1 fully saturated rings. The first-order chi connectivity index (χ1) is 14.4. The van der Waals surface area contributed by atoms with Gasteiger partial charge in [0, 0.05) is 29.7 Å². The smallest absolute Gasteiger partial charge is 0.295 e. The molecule has 3 aromatic rings. The van der Waals surface area contributed by atoms with Crippen molar-refractivity contribution in [2.45, 2.75) is 26.4 Å². The fourth-order valence-corrected chi connectivity index (χ4v) is 3.88. The topological polar surface area (TPSA) is 99.2 Å². The number of aromatic amines is 1. The van der Waals surface area contributed by atoms with Gasteiger partial charge in [-0.3, -0.25) is 19.7 Å². The number of aliphatic hydroxyl groups is 1. The highest BCUT2D eigenvalue weighted by Gasteiger charge is 2.46. The Morgan fingerprint density at radius 3 is 2.53 bits per heavy atom. The monoisotopic (exact) mass is 422 g/mol. The van der Waals surface area contributed by atoms with Gasteiger partial charge in [-0.15, -0.1) is 0 Å². The maximum absolute atomic E-state index is 13.0. The van der Waals surface area contributed by atoms with Crippen molar-refractivity contribution in [3.05, 3.63) is 87.5 Å². The van der Waals surface area contributed by atoms with E-state index < -0.39 is 17.7 Å². The van der Waals surface area contributed by atoms with E-state index >= 15 is 0 Å². The third-order valence-corrected chi connectivity index (χ3v) is 5.42. The minimum absolute atomic E-state index is 0.0267. The van der Waals surface area contributed by atoms with E-state index in [2.05, 4.69) is 15.2 Å². The number of carbonyl (C=O) groups is 2. The second-order valence-corrected chi connectivity index (χ2v) is 7.59. The number of carbonyl (C=O) groups excluding carboxylic acids is 2. The minimum Gasteiger partial charge on any atom is -0.507 e. The number of benzene rings is 1. The first-order valence-corrected chi connectivity index (χ1v) is 9.71. The molecule has 2 aromatic heterocycles. The number of aliphatic hydroxyl groups excluding tert-OH is 1. The summed E-state index contributed by atoms with van der Waals surface area (Å²) in [5.41, 5.74) is 3.04. The Hall–Kier alpha value is -3.45. The number of halogens is 1. The Labute approximate surface area is 178 Å². The number of hydrogen-bond donors (Lipinski definition) is 2. The molecule has 152 valence electrons. The van der Waals surface area contributed by atoms with Crippen LogP contribution < -0.4 is 0 Å². The van der Waals surface area contributed by atoms with Crippen LogP contribution in [0.2, 0.25) is 5.02 Å². The van der Waals surface area contributed by atoms with Crippen molar-refractivity contribution in [2.24, 2.45) is 0 Å². The van der Waals surface area contributed by atoms with Crippen LogP contribution in [0, 0.1) is 13.8 Å². The van der Waals surface area contributed by atoms with Crippen molar-refractivity contribution < 1.29 is 14.7 Å². The molecule has 0 spiro atoms. The Bertz CT molecular complexity index is 1130. The minimum atomic E-state index is -0.767. The predicted octanol–water partition coefficient (Wildman–Crippen LogP) is 3.70. The summed E-state index contributed by atoms with van der Waals surface area (Å²) in [5, 5.41) is 18.5. The second kappa shape index (κ2) is 7.76. The van der Waals surface area contributed by atoms with Gasteiger partial charge in [0.1, 0.15) is 5.76 Å². The average Bonchev–Trinajstić information content (AvgIpc) is 3.20. The summed E-state index contributed by atoms with van der Waals surface area (Å²) in [6.45, 7) is 3.64. The summed E-state index contributed by atoms with van der Waals surface area (Å²) in [4.78, 5) is 31.5. The van der Waals surface area contributed by atoms with Gasteiger partial charge in [-0.2, -0.15) is 5.10 Å². The molecule has 1 atom stereocenters. The molecule has 0 aliphatic carbocycles. The van der Waals surface area contributed by atoms with Gasteiger partial charge in [-0.05, 0) is 43.2 Å². The maximum Gasteiger partial charge on any atom is 0.295 e. The lowest BCUT2D eigenvalue weighted by Crippen LogP contribution is -2.29. The zero-order valence-electron chi connectivity index (χ0n) is 16.4. The van der Waals surface area contributed by atoms with Crippen LogP contribution in [0.15, 0.2) is 54.4 Å². The fourth-order valence-electron chi connectivity index (χ4n) is 3.76. The number of nitrogens with zero attached hydrogens (tertiary/aromatic N) is 3. The van der Waals surface area contributed by atoms with Crippen LogP contribution >= 0.6 is 11.6 Å². The molecule has 4 rings (SSSR count). The van der Waals surface area contributed by atoms with E-state index in [1.807, 2.05) is 6.07 Å². The van der Waals surface area contributed by atoms with Gasteiger partial charge in [0.25, 0.3) is 11.7 Å². The van der Waals surface area contributed by atoms with Crippen LogP contribution in [-0.2, 0) is 16.1 Å². The fraction of sp³-hybridized carbons (Fsp3) is 0.182. The second-order valence-electron chi connectivity index (χ2n) is 7.15. The molecule has 1 aliphatic heterocycles. The van der Waals surface area contributed by atoms with E-state index in [0.717, 1.165) is 5.56 Å². The largest absolute Gasteiger partial charge is 0.507 e. The lowest BCUT2D eigenvalue weighted by Gasteiger charge is -2.25. The summed E-state index contributed by atoms with van der Waals surface area (Å²) in [7, 11) is 0. The molecular weight excluding hydrogens is 404 g/mol. The van der Waals surface area contributed by atoms with E-state index in [9.17, 15) is 14.7 Å². The quantitative estimate of drug-likeness (QED) is 0.379. The van der Waals surface area contributed by atoms with E-state index in [1.165, 1.54) is 4.90 Å². The Morgan fingerprint density at radius 1 is 1.20 bits per heavy atom. The van der Waals surface area contributed by atoms with Crippen LogP contribution in [0.3, 0.4) is 0 Å². The van der Waals surface area contributed by atoms with E-state index in [0.29, 0.717) is 27.5 Å². The number of rotatable bonds is 4. The number of hydrogen-bond acceptors (Lipinski definition) is 5. The maximum atomic E-state index is 13.0. The molecule has 1 amide bonds. The molecule has 2 N–H and O–H groups in total. The highest BCUT2D eigenvalue weighted by atomic mass is 35.5. The number of nitrogens with one attached hydrogen (secondary N) is 1. The molecule has 0 saturated carbocycles. The van der Waals surface area contributed by atoms with E-state index in [1.54, 1.807) is 56.6 Å². The zero-order valence-corrected chi connectivity index (χ0v) is 17.1. The number of Topliss-reactive ketones (excluding diaryl/α,β-unsaturated/α-hetero) is 1.